The van der Waals surface area contributed by atoms with Crippen molar-refractivity contribution in [3.05, 3.63) is 83.7 Å². The van der Waals surface area contributed by atoms with Gasteiger partial charge < -0.3 is 15.0 Å². The van der Waals surface area contributed by atoms with Gasteiger partial charge in [0.2, 0.25) is 5.91 Å². The van der Waals surface area contributed by atoms with Crippen molar-refractivity contribution in [1.29, 1.82) is 0 Å². The fourth-order valence-corrected chi connectivity index (χ4v) is 3.78. The van der Waals surface area contributed by atoms with Crippen molar-refractivity contribution >= 4 is 17.5 Å². The number of pyridine rings is 1. The summed E-state index contributed by atoms with van der Waals surface area (Å²) in [5.41, 5.74) is 3.70. The van der Waals surface area contributed by atoms with Crippen LogP contribution < -0.4 is 10.1 Å². The number of aromatic nitrogens is 1. The number of benzene rings is 2. The number of carbonyl (C=O) groups excluding carboxylic acids is 2. The summed E-state index contributed by atoms with van der Waals surface area (Å²) in [7, 11) is 0. The Morgan fingerprint density at radius 3 is 2.39 bits per heavy atom. The molecule has 0 aliphatic carbocycles. The topological polar surface area (TPSA) is 74.8 Å². The summed E-state index contributed by atoms with van der Waals surface area (Å²) >= 11 is 0. The van der Waals surface area contributed by atoms with Crippen molar-refractivity contribution < 1.29 is 14.3 Å². The highest BCUT2D eigenvalue weighted by molar-refractivity contribution is 5.95. The number of nitrogens with one attached hydrogen (secondary N) is 1. The number of amides is 2. The molecule has 0 atom stereocenters. The lowest BCUT2D eigenvalue weighted by molar-refractivity contribution is -0.117. The molecule has 7 heteroatoms. The summed E-state index contributed by atoms with van der Waals surface area (Å²) in [6.07, 6.45) is 3.33. The van der Waals surface area contributed by atoms with Crippen LogP contribution in [0.3, 0.4) is 0 Å². The first-order valence-corrected chi connectivity index (χ1v) is 11.1. The van der Waals surface area contributed by atoms with Crippen molar-refractivity contribution in [3.63, 3.8) is 0 Å². The second-order valence-electron chi connectivity index (χ2n) is 8.18. The largest absolute Gasteiger partial charge is 0.456 e. The van der Waals surface area contributed by atoms with Crippen molar-refractivity contribution in [2.45, 2.75) is 13.8 Å². The van der Waals surface area contributed by atoms with Gasteiger partial charge in [0.05, 0.1) is 12.7 Å². The monoisotopic (exact) mass is 444 g/mol. The van der Waals surface area contributed by atoms with Crippen LogP contribution in [0.2, 0.25) is 0 Å². The van der Waals surface area contributed by atoms with Crippen LogP contribution in [0.15, 0.2) is 67.0 Å². The number of hydrogen-bond donors (Lipinski definition) is 1. The van der Waals surface area contributed by atoms with Crippen LogP contribution in [-0.4, -0.2) is 59.3 Å². The molecule has 2 aromatic carbocycles. The van der Waals surface area contributed by atoms with E-state index < -0.39 is 0 Å². The molecular formula is C26H28N4O3. The molecule has 7 nitrogen and oxygen atoms in total. The number of aryl methyl sites for hydroxylation is 1. The second-order valence-corrected chi connectivity index (χ2v) is 8.18. The maximum atomic E-state index is 12.9. The zero-order chi connectivity index (χ0) is 23.2. The Kier molecular flexibility index (Phi) is 7.00. The van der Waals surface area contributed by atoms with E-state index >= 15 is 0 Å². The lowest BCUT2D eigenvalue weighted by atomic mass is 10.1. The van der Waals surface area contributed by atoms with Crippen molar-refractivity contribution in [2.24, 2.45) is 0 Å². The van der Waals surface area contributed by atoms with Crippen molar-refractivity contribution in [2.75, 3.05) is 38.0 Å². The second kappa shape index (κ2) is 10.3. The van der Waals surface area contributed by atoms with Crippen LogP contribution in [0.4, 0.5) is 5.69 Å². The molecule has 33 heavy (non-hydrogen) atoms. The third kappa shape index (κ3) is 5.75. The molecule has 1 aromatic heterocycles. The van der Waals surface area contributed by atoms with E-state index in [1.54, 1.807) is 42.7 Å². The predicted octanol–water partition coefficient (Wildman–Crippen LogP) is 3.89. The van der Waals surface area contributed by atoms with Crippen LogP contribution in [0.5, 0.6) is 11.5 Å². The van der Waals surface area contributed by atoms with Gasteiger partial charge in [-0.1, -0.05) is 12.1 Å². The number of nitrogens with zero attached hydrogens (tertiary/aromatic N) is 3. The minimum absolute atomic E-state index is 0.0117. The molecule has 3 aromatic rings. The van der Waals surface area contributed by atoms with E-state index in [2.05, 4.69) is 15.2 Å². The molecule has 1 N–H and O–H groups in total. The molecule has 1 aliphatic heterocycles. The SMILES string of the molecule is Cc1cccc(NC(=O)CN2CCN(C(=O)c3ccc(Oc4cccnc4)cc3)CC2)c1C. The standard InChI is InChI=1S/C26H28N4O3/c1-19-5-3-7-24(20(19)2)28-25(31)18-29-13-15-30(16-14-29)26(32)21-8-10-22(11-9-21)33-23-6-4-12-27-17-23/h3-12,17H,13-16,18H2,1-2H3,(H,28,31). The van der Waals surface area contributed by atoms with Crippen molar-refractivity contribution in [3.8, 4) is 11.5 Å². The van der Waals surface area contributed by atoms with Crippen molar-refractivity contribution in [1.82, 2.24) is 14.8 Å². The fraction of sp³-hybridized carbons (Fsp3) is 0.269. The highest BCUT2D eigenvalue weighted by atomic mass is 16.5. The average Bonchev–Trinajstić information content (AvgIpc) is 2.83. The first-order valence-electron chi connectivity index (χ1n) is 11.1. The van der Waals surface area contributed by atoms with E-state index in [-0.39, 0.29) is 11.8 Å². The average molecular weight is 445 g/mol. The summed E-state index contributed by atoms with van der Waals surface area (Å²) in [5.74, 6) is 1.25. The minimum Gasteiger partial charge on any atom is -0.456 e. The van der Waals surface area contributed by atoms with Gasteiger partial charge in [0.1, 0.15) is 11.5 Å². The number of carbonyl (C=O) groups is 2. The van der Waals surface area contributed by atoms with Gasteiger partial charge in [-0.05, 0) is 67.4 Å². The maximum Gasteiger partial charge on any atom is 0.253 e. The van der Waals surface area contributed by atoms with Gasteiger partial charge in [-0.25, -0.2) is 0 Å². The normalized spacial score (nSPS) is 14.1. The maximum absolute atomic E-state index is 12.9. The van der Waals surface area contributed by atoms with Gasteiger partial charge >= 0.3 is 0 Å². The van der Waals surface area contributed by atoms with E-state index in [4.69, 9.17) is 4.74 Å². The molecule has 0 radical (unpaired) electrons. The first-order chi connectivity index (χ1) is 16.0. The Morgan fingerprint density at radius 1 is 0.939 bits per heavy atom. The Bertz CT molecular complexity index is 1110. The molecule has 0 bridgehead atoms. The lowest BCUT2D eigenvalue weighted by Gasteiger charge is -2.34. The van der Waals surface area contributed by atoms with Gasteiger partial charge in [0, 0.05) is 43.6 Å². The van der Waals surface area contributed by atoms with Crippen LogP contribution in [0.25, 0.3) is 0 Å². The number of rotatable bonds is 6. The molecule has 0 spiro atoms. The van der Waals surface area contributed by atoms with Crippen LogP contribution in [0.1, 0.15) is 21.5 Å². The fourth-order valence-electron chi connectivity index (χ4n) is 3.78. The molecular weight excluding hydrogens is 416 g/mol. The zero-order valence-corrected chi connectivity index (χ0v) is 19.0. The van der Waals surface area contributed by atoms with E-state index in [0.717, 1.165) is 16.8 Å². The van der Waals surface area contributed by atoms with E-state index in [1.165, 1.54) is 0 Å². The molecule has 2 amide bonds. The Labute approximate surface area is 194 Å². The summed E-state index contributed by atoms with van der Waals surface area (Å²) in [5, 5.41) is 3.00. The molecule has 1 saturated heterocycles. The molecule has 4 rings (SSSR count). The quantitative estimate of drug-likeness (QED) is 0.624. The smallest absolute Gasteiger partial charge is 0.253 e. The van der Waals surface area contributed by atoms with Gasteiger partial charge in [0.25, 0.3) is 5.91 Å². The van der Waals surface area contributed by atoms with E-state index in [9.17, 15) is 9.59 Å². The molecule has 0 saturated carbocycles. The summed E-state index contributed by atoms with van der Waals surface area (Å²) in [6, 6.07) is 16.7. The summed E-state index contributed by atoms with van der Waals surface area (Å²) in [6.45, 7) is 6.85. The predicted molar refractivity (Wildman–Crippen MR) is 128 cm³/mol. The van der Waals surface area contributed by atoms with Crippen LogP contribution >= 0.6 is 0 Å². The number of ether oxygens (including phenoxy) is 1. The number of piperazine rings is 1. The Hall–Kier alpha value is -3.71. The van der Waals surface area contributed by atoms with E-state index in [1.807, 2.05) is 43.0 Å². The Morgan fingerprint density at radius 2 is 1.70 bits per heavy atom. The minimum atomic E-state index is -0.0346. The lowest BCUT2D eigenvalue weighted by Crippen LogP contribution is -2.50. The van der Waals surface area contributed by atoms with Crippen LogP contribution in [-0.2, 0) is 4.79 Å². The van der Waals surface area contributed by atoms with Crippen LogP contribution in [0, 0.1) is 13.8 Å². The third-order valence-electron chi connectivity index (χ3n) is 5.88. The molecule has 1 aliphatic rings. The third-order valence-corrected chi connectivity index (χ3v) is 5.88. The van der Waals surface area contributed by atoms with Gasteiger partial charge in [-0.15, -0.1) is 0 Å². The summed E-state index contributed by atoms with van der Waals surface area (Å²) in [4.78, 5) is 33.3. The zero-order valence-electron chi connectivity index (χ0n) is 19.0. The van der Waals surface area contributed by atoms with E-state index in [0.29, 0.717) is 49.8 Å². The van der Waals surface area contributed by atoms with Gasteiger partial charge in [-0.2, -0.15) is 0 Å². The first kappa shape index (κ1) is 22.5. The molecule has 2 heterocycles. The van der Waals surface area contributed by atoms with Gasteiger partial charge in [-0.3, -0.25) is 19.5 Å². The van der Waals surface area contributed by atoms with Gasteiger partial charge in [0.15, 0.2) is 0 Å². The summed E-state index contributed by atoms with van der Waals surface area (Å²) < 4.78 is 5.73. The molecule has 0 unspecified atom stereocenters. The highest BCUT2D eigenvalue weighted by Gasteiger charge is 2.23. The molecule has 170 valence electrons. The highest BCUT2D eigenvalue weighted by Crippen LogP contribution is 2.21. The Balaban J connectivity index is 1.26. The molecule has 1 fully saturated rings. The number of anilines is 1. The number of hydrogen-bond acceptors (Lipinski definition) is 5.